The van der Waals surface area contributed by atoms with Crippen LogP contribution in [-0.2, 0) is 9.53 Å². The van der Waals surface area contributed by atoms with Crippen LogP contribution in [0.25, 0.3) is 0 Å². The Balaban J connectivity index is 1.64. The number of hydrogen-bond acceptors (Lipinski definition) is 3. The van der Waals surface area contributed by atoms with Gasteiger partial charge in [-0.15, -0.1) is 0 Å². The smallest absolute Gasteiger partial charge is 0.320 e. The lowest BCUT2D eigenvalue weighted by molar-refractivity contribution is -0.139. The van der Waals surface area contributed by atoms with Crippen molar-refractivity contribution in [2.45, 2.75) is 30.5 Å². The van der Waals surface area contributed by atoms with Gasteiger partial charge in [0.25, 0.3) is 0 Å². The molecule has 0 aromatic rings. The summed E-state index contributed by atoms with van der Waals surface area (Å²) in [7, 11) is 1.42. The summed E-state index contributed by atoms with van der Waals surface area (Å²) < 4.78 is 4.64. The van der Waals surface area contributed by atoms with Crippen molar-refractivity contribution >= 4 is 21.9 Å². The second kappa shape index (κ2) is 4.42. The number of nitrogens with one attached hydrogen (secondary N) is 1. The Labute approximate surface area is 99.1 Å². The third-order valence-corrected chi connectivity index (χ3v) is 4.29. The molecule has 0 aromatic carbocycles. The van der Waals surface area contributed by atoms with E-state index in [1.165, 1.54) is 32.8 Å². The van der Waals surface area contributed by atoms with Crippen molar-refractivity contribution in [3.8, 4) is 0 Å². The Hall–Kier alpha value is -0.0900. The molecule has 0 bridgehead atoms. The molecule has 4 heteroatoms. The SMILES string of the molecule is COC(=O)C(Br)CNCC1(C2CC2)CC1. The monoisotopic (exact) mass is 275 g/mol. The summed E-state index contributed by atoms with van der Waals surface area (Å²) in [5.74, 6) is 0.774. The van der Waals surface area contributed by atoms with E-state index >= 15 is 0 Å². The number of rotatable bonds is 6. The molecule has 1 unspecified atom stereocenters. The maximum atomic E-state index is 11.1. The molecule has 2 rings (SSSR count). The third-order valence-electron chi connectivity index (χ3n) is 3.59. The second-order valence-electron chi connectivity index (χ2n) is 4.76. The van der Waals surface area contributed by atoms with Gasteiger partial charge in [-0.1, -0.05) is 15.9 Å². The van der Waals surface area contributed by atoms with Gasteiger partial charge >= 0.3 is 5.97 Å². The molecule has 15 heavy (non-hydrogen) atoms. The summed E-state index contributed by atoms with van der Waals surface area (Å²) in [5.41, 5.74) is 0.600. The number of alkyl halides is 1. The first-order valence-electron chi connectivity index (χ1n) is 5.60. The van der Waals surface area contributed by atoms with Gasteiger partial charge in [0.15, 0.2) is 0 Å². The molecule has 2 saturated carbocycles. The molecular weight excluding hydrogens is 258 g/mol. The average molecular weight is 276 g/mol. The first-order chi connectivity index (χ1) is 7.18. The van der Waals surface area contributed by atoms with Gasteiger partial charge < -0.3 is 10.1 Å². The number of esters is 1. The first-order valence-corrected chi connectivity index (χ1v) is 6.52. The molecule has 0 aromatic heterocycles. The maximum absolute atomic E-state index is 11.1. The van der Waals surface area contributed by atoms with E-state index in [9.17, 15) is 4.79 Å². The fraction of sp³-hybridized carbons (Fsp3) is 0.909. The molecule has 1 N–H and O–H groups in total. The van der Waals surface area contributed by atoms with Crippen molar-refractivity contribution in [1.29, 1.82) is 0 Å². The number of hydrogen-bond donors (Lipinski definition) is 1. The molecule has 0 spiro atoms. The molecule has 2 aliphatic rings. The van der Waals surface area contributed by atoms with Gasteiger partial charge in [0.05, 0.1) is 7.11 Å². The van der Waals surface area contributed by atoms with Crippen LogP contribution in [-0.4, -0.2) is 31.0 Å². The van der Waals surface area contributed by atoms with Crippen LogP contribution < -0.4 is 5.32 Å². The van der Waals surface area contributed by atoms with E-state index in [1.54, 1.807) is 0 Å². The van der Waals surface area contributed by atoms with Crippen molar-refractivity contribution < 1.29 is 9.53 Å². The predicted molar refractivity (Wildman–Crippen MR) is 62.0 cm³/mol. The van der Waals surface area contributed by atoms with Gasteiger partial charge in [0, 0.05) is 13.1 Å². The Morgan fingerprint density at radius 2 is 2.27 bits per heavy atom. The minimum atomic E-state index is -0.211. The molecule has 1 atom stereocenters. The lowest BCUT2D eigenvalue weighted by Gasteiger charge is -2.16. The highest BCUT2D eigenvalue weighted by atomic mass is 79.9. The Morgan fingerprint density at radius 3 is 2.73 bits per heavy atom. The molecule has 0 amide bonds. The van der Waals surface area contributed by atoms with Crippen LogP contribution in [0.2, 0.25) is 0 Å². The number of carbonyl (C=O) groups is 1. The van der Waals surface area contributed by atoms with Crippen molar-refractivity contribution in [2.24, 2.45) is 11.3 Å². The van der Waals surface area contributed by atoms with Gasteiger partial charge in [-0.25, -0.2) is 0 Å². The first kappa shape index (κ1) is 11.4. The van der Waals surface area contributed by atoms with Crippen LogP contribution in [0.15, 0.2) is 0 Å². The van der Waals surface area contributed by atoms with Gasteiger partial charge in [0.2, 0.25) is 0 Å². The van der Waals surface area contributed by atoms with Crippen LogP contribution in [0.3, 0.4) is 0 Å². The number of halogens is 1. The van der Waals surface area contributed by atoms with E-state index in [4.69, 9.17) is 0 Å². The van der Waals surface area contributed by atoms with Gasteiger partial charge in [0.1, 0.15) is 4.83 Å². The largest absolute Gasteiger partial charge is 0.468 e. The Morgan fingerprint density at radius 1 is 1.60 bits per heavy atom. The highest BCUT2D eigenvalue weighted by Gasteiger charge is 2.53. The van der Waals surface area contributed by atoms with E-state index in [-0.39, 0.29) is 10.8 Å². The third kappa shape index (κ3) is 2.72. The van der Waals surface area contributed by atoms with Crippen LogP contribution in [0, 0.1) is 11.3 Å². The molecule has 2 fully saturated rings. The molecule has 0 saturated heterocycles. The summed E-state index contributed by atoms with van der Waals surface area (Å²) in [4.78, 5) is 10.9. The maximum Gasteiger partial charge on any atom is 0.320 e. The molecular formula is C11H18BrNO2. The molecule has 3 nitrogen and oxygen atoms in total. The summed E-state index contributed by atoms with van der Waals surface area (Å²) in [6, 6.07) is 0. The zero-order chi connectivity index (χ0) is 10.9. The molecule has 0 heterocycles. The molecule has 86 valence electrons. The van der Waals surface area contributed by atoms with Gasteiger partial charge in [-0.2, -0.15) is 0 Å². The summed E-state index contributed by atoms with van der Waals surface area (Å²) in [5, 5.41) is 3.38. The zero-order valence-corrected chi connectivity index (χ0v) is 10.7. The minimum absolute atomic E-state index is 0.196. The zero-order valence-electron chi connectivity index (χ0n) is 9.09. The minimum Gasteiger partial charge on any atom is -0.468 e. The van der Waals surface area contributed by atoms with Crippen LogP contribution in [0.5, 0.6) is 0 Å². The van der Waals surface area contributed by atoms with Crippen LogP contribution >= 0.6 is 15.9 Å². The number of ether oxygens (including phenoxy) is 1. The van der Waals surface area contributed by atoms with Crippen molar-refractivity contribution in [2.75, 3.05) is 20.2 Å². The Kier molecular flexibility index (Phi) is 3.36. The van der Waals surface area contributed by atoms with Gasteiger partial charge in [-0.3, -0.25) is 4.79 Å². The lowest BCUT2D eigenvalue weighted by atomic mass is 10.0. The summed E-state index contributed by atoms with van der Waals surface area (Å²) in [6.45, 7) is 1.73. The van der Waals surface area contributed by atoms with Crippen molar-refractivity contribution in [3.63, 3.8) is 0 Å². The average Bonchev–Trinajstić information content (AvgIpc) is 3.06. The van der Waals surface area contributed by atoms with Crippen molar-refractivity contribution in [3.05, 3.63) is 0 Å². The van der Waals surface area contributed by atoms with Crippen molar-refractivity contribution in [1.82, 2.24) is 5.32 Å². The standard InChI is InChI=1S/C11H18BrNO2/c1-15-10(14)9(12)6-13-7-11(4-5-11)8-2-3-8/h8-9,13H,2-7H2,1H3. The quantitative estimate of drug-likeness (QED) is 0.593. The Bertz CT molecular complexity index is 249. The molecule has 2 aliphatic carbocycles. The lowest BCUT2D eigenvalue weighted by Crippen LogP contribution is -2.34. The predicted octanol–water partition coefficient (Wildman–Crippen LogP) is 1.70. The summed E-state index contributed by atoms with van der Waals surface area (Å²) >= 11 is 3.31. The number of carbonyl (C=O) groups excluding carboxylic acids is 1. The van der Waals surface area contributed by atoms with Crippen LogP contribution in [0.1, 0.15) is 25.7 Å². The highest BCUT2D eigenvalue weighted by molar-refractivity contribution is 9.10. The topological polar surface area (TPSA) is 38.3 Å². The summed E-state index contributed by atoms with van der Waals surface area (Å²) in [6.07, 6.45) is 5.57. The second-order valence-corrected chi connectivity index (χ2v) is 5.86. The fourth-order valence-electron chi connectivity index (χ4n) is 2.24. The molecule has 0 radical (unpaired) electrons. The van der Waals surface area contributed by atoms with E-state index < -0.39 is 0 Å². The van der Waals surface area contributed by atoms with E-state index in [0.29, 0.717) is 12.0 Å². The highest BCUT2D eigenvalue weighted by Crippen LogP contribution is 2.60. The normalized spacial score (nSPS) is 24.7. The molecule has 0 aliphatic heterocycles. The van der Waals surface area contributed by atoms with E-state index in [0.717, 1.165) is 12.5 Å². The number of methoxy groups -OCH3 is 1. The van der Waals surface area contributed by atoms with Crippen LogP contribution in [0.4, 0.5) is 0 Å². The fourth-order valence-corrected chi connectivity index (χ4v) is 2.66. The van der Waals surface area contributed by atoms with E-state index in [1.807, 2.05) is 0 Å². The van der Waals surface area contributed by atoms with Gasteiger partial charge in [-0.05, 0) is 37.0 Å². The van der Waals surface area contributed by atoms with E-state index in [2.05, 4.69) is 26.0 Å².